The molecule has 0 spiro atoms. The molecule has 0 aliphatic heterocycles. The maximum atomic E-state index is 13.2. The first-order chi connectivity index (χ1) is 11.4. The predicted octanol–water partition coefficient (Wildman–Crippen LogP) is 5.61. The highest BCUT2D eigenvalue weighted by Crippen LogP contribution is 2.52. The Morgan fingerprint density at radius 3 is 2.04 bits per heavy atom. The molecule has 0 aromatic carbocycles. The molecule has 2 aliphatic carbocycles. The molecule has 0 saturated heterocycles. The van der Waals surface area contributed by atoms with Gasteiger partial charge in [0.15, 0.2) is 13.9 Å². The molecule has 0 radical (unpaired) electrons. The predicted molar refractivity (Wildman–Crippen MR) is 95.9 cm³/mol. The normalized spacial score (nSPS) is 28.4. The van der Waals surface area contributed by atoms with Crippen LogP contribution in [0, 0.1) is 17.8 Å². The van der Waals surface area contributed by atoms with Crippen molar-refractivity contribution < 1.29 is 27.1 Å². The van der Waals surface area contributed by atoms with Crippen LogP contribution in [0.1, 0.15) is 46.0 Å². The molecule has 0 aromatic heterocycles. The highest BCUT2D eigenvalue weighted by molar-refractivity contribution is 6.69. The lowest BCUT2D eigenvalue weighted by Crippen LogP contribution is -2.47. The summed E-state index contributed by atoms with van der Waals surface area (Å²) in [6, 6.07) is 0. The average Bonchev–Trinajstić information content (AvgIpc) is 3.09. The van der Waals surface area contributed by atoms with Gasteiger partial charge in [0.2, 0.25) is 0 Å². The molecule has 25 heavy (non-hydrogen) atoms. The van der Waals surface area contributed by atoms with Crippen LogP contribution in [0.3, 0.4) is 0 Å². The Morgan fingerprint density at radius 2 is 1.68 bits per heavy atom. The van der Waals surface area contributed by atoms with Crippen LogP contribution in [0.2, 0.25) is 19.6 Å². The fourth-order valence-corrected chi connectivity index (χ4v) is 3.64. The van der Waals surface area contributed by atoms with Gasteiger partial charge in [0.1, 0.15) is 6.79 Å². The van der Waals surface area contributed by atoms with E-state index in [-0.39, 0.29) is 19.1 Å². The second-order valence-electron chi connectivity index (χ2n) is 8.44. The van der Waals surface area contributed by atoms with Gasteiger partial charge < -0.3 is 13.9 Å². The number of halogens is 3. The molecule has 0 N–H and O–H groups in total. The van der Waals surface area contributed by atoms with Crippen LogP contribution in [-0.2, 0) is 13.9 Å². The molecule has 2 saturated carbocycles. The Labute approximate surface area is 151 Å². The molecule has 3 nitrogen and oxygen atoms in total. The van der Waals surface area contributed by atoms with Gasteiger partial charge >= 0.3 is 6.18 Å². The van der Waals surface area contributed by atoms with E-state index in [0.29, 0.717) is 18.4 Å². The molecule has 2 aliphatic rings. The molecule has 7 heteroatoms. The van der Waals surface area contributed by atoms with Crippen molar-refractivity contribution in [3.63, 3.8) is 0 Å². The SMILES string of the molecule is CCOCOC(C)(CC1CC2CCC1C2)C(F)(F)F.CO[Si](C)(C)C. The van der Waals surface area contributed by atoms with Crippen LogP contribution in [0.5, 0.6) is 0 Å². The van der Waals surface area contributed by atoms with Crippen molar-refractivity contribution >= 4 is 8.32 Å². The summed E-state index contributed by atoms with van der Waals surface area (Å²) in [6.07, 6.45) is 0.0769. The molecule has 4 atom stereocenters. The van der Waals surface area contributed by atoms with Crippen LogP contribution in [0.4, 0.5) is 13.2 Å². The van der Waals surface area contributed by atoms with E-state index in [4.69, 9.17) is 13.9 Å². The van der Waals surface area contributed by atoms with Gasteiger partial charge in [0.05, 0.1) is 0 Å². The topological polar surface area (TPSA) is 27.7 Å². The maximum Gasteiger partial charge on any atom is 0.417 e. The highest BCUT2D eigenvalue weighted by atomic mass is 28.4. The maximum absolute atomic E-state index is 13.2. The first-order valence-electron chi connectivity index (χ1n) is 9.25. The smallest absolute Gasteiger partial charge is 0.417 e. The van der Waals surface area contributed by atoms with Gasteiger partial charge in [0.25, 0.3) is 0 Å². The molecule has 2 bridgehead atoms. The molecular weight excluding hydrogens is 349 g/mol. The zero-order chi connectivity index (χ0) is 19.3. The Kier molecular flexibility index (Phi) is 8.43. The Hall–Kier alpha value is -0.113. The monoisotopic (exact) mass is 384 g/mol. The van der Waals surface area contributed by atoms with Gasteiger partial charge in [-0.15, -0.1) is 0 Å². The second-order valence-corrected chi connectivity index (χ2v) is 13.1. The molecule has 0 amide bonds. The van der Waals surface area contributed by atoms with E-state index in [1.165, 1.54) is 6.42 Å². The van der Waals surface area contributed by atoms with Gasteiger partial charge in [-0.1, -0.05) is 6.42 Å². The molecule has 0 heterocycles. The summed E-state index contributed by atoms with van der Waals surface area (Å²) in [6.45, 7) is 9.46. The number of ether oxygens (including phenoxy) is 2. The number of alkyl halides is 3. The molecule has 4 unspecified atom stereocenters. The summed E-state index contributed by atoms with van der Waals surface area (Å²) >= 11 is 0. The molecule has 2 fully saturated rings. The quantitative estimate of drug-likeness (QED) is 0.324. The first-order valence-corrected chi connectivity index (χ1v) is 12.7. The Morgan fingerprint density at radius 1 is 1.08 bits per heavy atom. The van der Waals surface area contributed by atoms with E-state index in [1.54, 1.807) is 14.0 Å². The summed E-state index contributed by atoms with van der Waals surface area (Å²) in [7, 11) is 0.639. The number of hydrogen-bond acceptors (Lipinski definition) is 3. The largest absolute Gasteiger partial charge is 0.421 e. The van der Waals surface area contributed by atoms with Crippen LogP contribution < -0.4 is 0 Å². The Bertz CT molecular complexity index is 398. The third kappa shape index (κ3) is 7.19. The summed E-state index contributed by atoms with van der Waals surface area (Å²) in [5.74, 6) is 1.29. The zero-order valence-electron chi connectivity index (χ0n) is 16.5. The summed E-state index contributed by atoms with van der Waals surface area (Å²) in [5, 5.41) is 0. The molecular formula is C18H35F3O3Si. The van der Waals surface area contributed by atoms with E-state index in [9.17, 15) is 13.2 Å². The first kappa shape index (κ1) is 22.9. The number of hydrogen-bond donors (Lipinski definition) is 0. The summed E-state index contributed by atoms with van der Waals surface area (Å²) in [5.41, 5.74) is -2.07. The van der Waals surface area contributed by atoms with Crippen molar-refractivity contribution in [1.29, 1.82) is 0 Å². The van der Waals surface area contributed by atoms with Gasteiger partial charge in [-0.25, -0.2) is 0 Å². The van der Waals surface area contributed by atoms with E-state index in [0.717, 1.165) is 26.2 Å². The van der Waals surface area contributed by atoms with E-state index >= 15 is 0 Å². The summed E-state index contributed by atoms with van der Waals surface area (Å²) < 4.78 is 54.8. The van der Waals surface area contributed by atoms with Crippen LogP contribution in [0.25, 0.3) is 0 Å². The van der Waals surface area contributed by atoms with Crippen molar-refractivity contribution in [2.24, 2.45) is 17.8 Å². The number of rotatable bonds is 7. The second kappa shape index (κ2) is 9.20. The minimum Gasteiger partial charge on any atom is -0.421 e. The van der Waals surface area contributed by atoms with Gasteiger partial charge in [-0.3, -0.25) is 0 Å². The standard InChI is InChI=1S/C14H23F3O2.C4H12OSi/c1-3-18-9-19-13(2,14(15,16)17)8-12-7-10-4-5-11(12)6-10;1-5-6(2,3)4/h10-12H,3-9H2,1-2H3;1-4H3. The minimum atomic E-state index is -4.34. The third-order valence-electron chi connectivity index (χ3n) is 5.41. The minimum absolute atomic E-state index is 0.0741. The fraction of sp³-hybridized carbons (Fsp3) is 1.00. The lowest BCUT2D eigenvalue weighted by atomic mass is 9.80. The fourth-order valence-electron chi connectivity index (χ4n) is 3.64. The van der Waals surface area contributed by atoms with Crippen LogP contribution in [-0.4, -0.2) is 40.6 Å². The third-order valence-corrected chi connectivity index (χ3v) is 6.64. The highest BCUT2D eigenvalue weighted by Gasteiger charge is 2.55. The van der Waals surface area contributed by atoms with Crippen LogP contribution >= 0.6 is 0 Å². The van der Waals surface area contributed by atoms with E-state index in [1.807, 2.05) is 0 Å². The van der Waals surface area contributed by atoms with Crippen molar-refractivity contribution in [3.8, 4) is 0 Å². The van der Waals surface area contributed by atoms with Crippen molar-refractivity contribution in [1.82, 2.24) is 0 Å². The van der Waals surface area contributed by atoms with Crippen molar-refractivity contribution in [2.45, 2.75) is 77.4 Å². The molecule has 150 valence electrons. The van der Waals surface area contributed by atoms with Gasteiger partial charge in [-0.2, -0.15) is 13.2 Å². The summed E-state index contributed by atoms with van der Waals surface area (Å²) in [4.78, 5) is 0. The molecule has 2 rings (SSSR count). The lowest BCUT2D eigenvalue weighted by Gasteiger charge is -2.36. The lowest BCUT2D eigenvalue weighted by molar-refractivity contribution is -0.297. The number of fused-ring (bicyclic) bond motifs is 2. The molecule has 0 aromatic rings. The van der Waals surface area contributed by atoms with E-state index < -0.39 is 20.1 Å². The van der Waals surface area contributed by atoms with Gasteiger partial charge in [0, 0.05) is 13.7 Å². The van der Waals surface area contributed by atoms with Crippen molar-refractivity contribution in [2.75, 3.05) is 20.5 Å². The van der Waals surface area contributed by atoms with Crippen molar-refractivity contribution in [3.05, 3.63) is 0 Å². The Balaban J connectivity index is 0.000000450. The zero-order valence-corrected chi connectivity index (χ0v) is 17.5. The van der Waals surface area contributed by atoms with Gasteiger partial charge in [-0.05, 0) is 76.9 Å². The average molecular weight is 385 g/mol. The van der Waals surface area contributed by atoms with E-state index in [2.05, 4.69) is 19.6 Å². The van der Waals surface area contributed by atoms with Crippen LogP contribution in [0.15, 0.2) is 0 Å².